The molecule has 34 heavy (non-hydrogen) atoms. The summed E-state index contributed by atoms with van der Waals surface area (Å²) < 4.78 is 0. The van der Waals surface area contributed by atoms with Crippen molar-refractivity contribution in [1.82, 2.24) is 10.6 Å². The zero-order valence-electron chi connectivity index (χ0n) is 20.1. The zero-order chi connectivity index (χ0) is 25.1. The molecule has 1 saturated heterocycles. The maximum Gasteiger partial charge on any atom is 0.224 e. The third-order valence-corrected chi connectivity index (χ3v) is 7.85. The number of carbonyl (C=O) groups excluding carboxylic acids is 3. The quantitative estimate of drug-likeness (QED) is 0.441. The Balaban J connectivity index is 1.71. The van der Waals surface area contributed by atoms with E-state index >= 15 is 0 Å². The molecule has 1 aromatic carbocycles. The van der Waals surface area contributed by atoms with Gasteiger partial charge in [0, 0.05) is 29.8 Å². The van der Waals surface area contributed by atoms with Gasteiger partial charge in [0.15, 0.2) is 0 Å². The van der Waals surface area contributed by atoms with E-state index < -0.39 is 23.0 Å². The van der Waals surface area contributed by atoms with Crippen molar-refractivity contribution in [2.45, 2.75) is 70.9 Å². The molecule has 8 heteroatoms. The molecule has 0 radical (unpaired) electrons. The van der Waals surface area contributed by atoms with E-state index in [-0.39, 0.29) is 36.4 Å². The van der Waals surface area contributed by atoms with Crippen LogP contribution >= 0.6 is 11.6 Å². The van der Waals surface area contributed by atoms with E-state index in [1.54, 1.807) is 45.0 Å². The second kappa shape index (κ2) is 10.5. The number of carbonyl (C=O) groups is 3. The zero-order valence-corrected chi connectivity index (χ0v) is 20.8. The van der Waals surface area contributed by atoms with Crippen molar-refractivity contribution in [2.75, 3.05) is 6.54 Å². The summed E-state index contributed by atoms with van der Waals surface area (Å²) in [7, 11) is 0. The largest absolute Gasteiger partial charge is 0.384 e. The second-order valence-electron chi connectivity index (χ2n) is 10.4. The fourth-order valence-electron chi connectivity index (χ4n) is 4.51. The van der Waals surface area contributed by atoms with Crippen molar-refractivity contribution in [3.05, 3.63) is 34.9 Å². The molecule has 1 saturated carbocycles. The van der Waals surface area contributed by atoms with Crippen LogP contribution in [0.4, 0.5) is 0 Å². The highest BCUT2D eigenvalue weighted by atomic mass is 35.5. The first-order valence-electron chi connectivity index (χ1n) is 11.9. The normalized spacial score (nSPS) is 21.6. The molecular weight excluding hydrogens is 454 g/mol. The van der Waals surface area contributed by atoms with Crippen molar-refractivity contribution in [3.8, 4) is 6.07 Å². The van der Waals surface area contributed by atoms with Crippen LogP contribution < -0.4 is 10.6 Å². The Morgan fingerprint density at radius 2 is 1.85 bits per heavy atom. The molecule has 0 aromatic heterocycles. The van der Waals surface area contributed by atoms with Crippen molar-refractivity contribution in [1.29, 1.82) is 5.26 Å². The third kappa shape index (κ3) is 5.97. The van der Waals surface area contributed by atoms with Gasteiger partial charge in [-0.3, -0.25) is 14.4 Å². The highest BCUT2D eigenvalue weighted by molar-refractivity contribution is 6.30. The third-order valence-electron chi connectivity index (χ3n) is 7.59. The highest BCUT2D eigenvalue weighted by Crippen LogP contribution is 2.43. The number of nitrogens with one attached hydrogen (secondary N) is 2. The number of nitriles is 1. The minimum absolute atomic E-state index is 0.0267. The Hall–Kier alpha value is -2.43. The molecule has 7 nitrogen and oxygen atoms in total. The van der Waals surface area contributed by atoms with Gasteiger partial charge in [0.2, 0.25) is 11.8 Å². The van der Waals surface area contributed by atoms with E-state index in [1.165, 1.54) is 0 Å². The van der Waals surface area contributed by atoms with E-state index in [4.69, 9.17) is 11.6 Å². The molecular formula is C26H34ClN3O4. The maximum atomic E-state index is 13.5. The Kier molecular flexibility index (Phi) is 8.05. The lowest BCUT2D eigenvalue weighted by Gasteiger charge is -2.40. The average Bonchev–Trinajstić information content (AvgIpc) is 3.52. The Morgan fingerprint density at radius 3 is 2.38 bits per heavy atom. The number of rotatable bonds is 11. The van der Waals surface area contributed by atoms with Crippen LogP contribution in [0.25, 0.3) is 0 Å². The summed E-state index contributed by atoms with van der Waals surface area (Å²) in [5.74, 6) is -1.14. The molecule has 3 rings (SSSR count). The highest BCUT2D eigenvalue weighted by Gasteiger charge is 2.47. The molecule has 1 heterocycles. The van der Waals surface area contributed by atoms with Gasteiger partial charge in [0.05, 0.1) is 17.1 Å². The molecule has 2 aliphatic rings. The summed E-state index contributed by atoms with van der Waals surface area (Å²) >= 11 is 5.97. The fourth-order valence-corrected chi connectivity index (χ4v) is 4.64. The summed E-state index contributed by atoms with van der Waals surface area (Å²) in [4.78, 5) is 38.5. The van der Waals surface area contributed by atoms with Gasteiger partial charge < -0.3 is 15.7 Å². The van der Waals surface area contributed by atoms with Crippen molar-refractivity contribution in [2.24, 2.45) is 23.2 Å². The number of amides is 2. The van der Waals surface area contributed by atoms with Gasteiger partial charge in [-0.1, -0.05) is 36.6 Å². The van der Waals surface area contributed by atoms with Gasteiger partial charge in [-0.05, 0) is 63.6 Å². The first kappa shape index (κ1) is 26.2. The minimum Gasteiger partial charge on any atom is -0.384 e. The van der Waals surface area contributed by atoms with E-state index in [9.17, 15) is 24.8 Å². The van der Waals surface area contributed by atoms with Crippen LogP contribution in [-0.4, -0.2) is 35.3 Å². The van der Waals surface area contributed by atoms with Crippen molar-refractivity contribution in [3.63, 3.8) is 0 Å². The molecule has 2 amide bonds. The molecule has 0 spiro atoms. The molecule has 3 N–H and O–H groups in total. The number of benzene rings is 1. The molecule has 1 aliphatic carbocycles. The maximum absolute atomic E-state index is 13.5. The van der Waals surface area contributed by atoms with Crippen LogP contribution in [0, 0.1) is 34.5 Å². The number of nitrogens with zero attached hydrogens (tertiary/aromatic N) is 1. The van der Waals surface area contributed by atoms with Gasteiger partial charge in [-0.25, -0.2) is 0 Å². The first-order chi connectivity index (χ1) is 16.0. The number of aliphatic hydroxyl groups is 1. The summed E-state index contributed by atoms with van der Waals surface area (Å²) in [6.07, 6.45) is 3.49. The molecule has 1 aliphatic heterocycles. The van der Waals surface area contributed by atoms with Crippen molar-refractivity contribution >= 4 is 29.2 Å². The lowest BCUT2D eigenvalue weighted by Crippen LogP contribution is -2.47. The van der Waals surface area contributed by atoms with E-state index in [0.717, 1.165) is 12.8 Å². The number of Topliss-reactive ketones (excluding diaryl/α,β-unsaturated/α-hetero) is 1. The number of ketones is 1. The van der Waals surface area contributed by atoms with Crippen LogP contribution in [0.15, 0.2) is 24.3 Å². The average molecular weight is 488 g/mol. The van der Waals surface area contributed by atoms with E-state index in [1.807, 2.05) is 0 Å². The van der Waals surface area contributed by atoms with Gasteiger partial charge in [-0.2, -0.15) is 5.26 Å². The summed E-state index contributed by atoms with van der Waals surface area (Å²) in [5, 5.41) is 26.9. The lowest BCUT2D eigenvalue weighted by atomic mass is 9.67. The topological polar surface area (TPSA) is 119 Å². The molecule has 4 atom stereocenters. The van der Waals surface area contributed by atoms with Crippen molar-refractivity contribution < 1.29 is 19.5 Å². The SMILES string of the molecule is CC(C)(C(=O)CC(CC1CC1)C(=O)NC(C#N)CC1CCNC1=O)C(C)(O)c1ccc(Cl)cc1. The predicted molar refractivity (Wildman–Crippen MR) is 129 cm³/mol. The Bertz CT molecular complexity index is 963. The van der Waals surface area contributed by atoms with Crippen LogP contribution in [0.2, 0.25) is 5.02 Å². The number of halogens is 1. The molecule has 4 unspecified atom stereocenters. The predicted octanol–water partition coefficient (Wildman–Crippen LogP) is 3.48. The van der Waals surface area contributed by atoms with Crippen LogP contribution in [-0.2, 0) is 20.0 Å². The molecule has 0 bridgehead atoms. The smallest absolute Gasteiger partial charge is 0.224 e. The fraction of sp³-hybridized carbons (Fsp3) is 0.615. The molecule has 184 valence electrons. The van der Waals surface area contributed by atoms with E-state index in [2.05, 4.69) is 16.7 Å². The number of hydrogen-bond acceptors (Lipinski definition) is 5. The van der Waals surface area contributed by atoms with Gasteiger partial charge in [0.1, 0.15) is 11.8 Å². The van der Waals surface area contributed by atoms with Gasteiger partial charge >= 0.3 is 0 Å². The molecule has 2 fully saturated rings. The standard InChI is InChI=1S/C26H34ClN3O4/c1-25(2,26(3,34)19-6-8-20(27)9-7-19)22(31)14-18(12-16-4-5-16)24(33)30-21(15-28)13-17-10-11-29-23(17)32/h6-9,16-18,21,34H,4-5,10-14H2,1-3H3,(H,29,32)(H,30,33). The monoisotopic (exact) mass is 487 g/mol. The minimum atomic E-state index is -1.47. The van der Waals surface area contributed by atoms with Crippen LogP contribution in [0.1, 0.15) is 64.9 Å². The van der Waals surface area contributed by atoms with Gasteiger partial charge in [-0.15, -0.1) is 0 Å². The first-order valence-corrected chi connectivity index (χ1v) is 12.3. The Morgan fingerprint density at radius 1 is 1.21 bits per heavy atom. The Labute approximate surface area is 206 Å². The summed E-state index contributed by atoms with van der Waals surface area (Å²) in [6.45, 7) is 5.55. The number of hydrogen-bond donors (Lipinski definition) is 3. The van der Waals surface area contributed by atoms with Crippen LogP contribution in [0.5, 0.6) is 0 Å². The lowest BCUT2D eigenvalue weighted by molar-refractivity contribution is -0.146. The van der Waals surface area contributed by atoms with Gasteiger partial charge in [0.25, 0.3) is 0 Å². The van der Waals surface area contributed by atoms with E-state index in [0.29, 0.717) is 35.9 Å². The second-order valence-corrected chi connectivity index (χ2v) is 10.8. The summed E-state index contributed by atoms with van der Waals surface area (Å²) in [5.41, 5.74) is -2.07. The van der Waals surface area contributed by atoms with Crippen LogP contribution in [0.3, 0.4) is 0 Å². The summed E-state index contributed by atoms with van der Waals surface area (Å²) in [6, 6.07) is 8.03. The molecule has 1 aromatic rings.